The molecule has 1 aromatic carbocycles. The van der Waals surface area contributed by atoms with Gasteiger partial charge in [0, 0.05) is 11.8 Å². The molecule has 0 spiro atoms. The van der Waals surface area contributed by atoms with Gasteiger partial charge in [-0.1, -0.05) is 11.6 Å². The highest BCUT2D eigenvalue weighted by Crippen LogP contribution is 2.20. The average Bonchev–Trinajstić information content (AvgIpc) is 2.39. The first-order valence-corrected chi connectivity index (χ1v) is 5.43. The Bertz CT molecular complexity index is 649. The molecule has 98 valence electrons. The molecule has 0 aliphatic heterocycles. The molecule has 0 fully saturated rings. The van der Waals surface area contributed by atoms with Crippen molar-refractivity contribution in [3.8, 4) is 0 Å². The molecule has 0 radical (unpaired) electrons. The van der Waals surface area contributed by atoms with Crippen LogP contribution in [0.25, 0.3) is 0 Å². The minimum absolute atomic E-state index is 0.0819. The lowest BCUT2D eigenvalue weighted by atomic mass is 10.2. The fraction of sp³-hybridized carbons (Fsp3) is 0. The van der Waals surface area contributed by atoms with E-state index in [9.17, 15) is 18.0 Å². The SMILES string of the molecule is O=C(Nc1ccc(F)c(F)c1F)c1ccnc(Cl)c1. The van der Waals surface area contributed by atoms with Crippen molar-refractivity contribution < 1.29 is 18.0 Å². The molecular weight excluding hydrogens is 281 g/mol. The monoisotopic (exact) mass is 286 g/mol. The molecule has 7 heteroatoms. The second-order valence-electron chi connectivity index (χ2n) is 3.54. The molecule has 2 aromatic rings. The number of anilines is 1. The van der Waals surface area contributed by atoms with Gasteiger partial charge in [-0.3, -0.25) is 4.79 Å². The van der Waals surface area contributed by atoms with Gasteiger partial charge >= 0.3 is 0 Å². The van der Waals surface area contributed by atoms with Gasteiger partial charge in [0.1, 0.15) is 5.15 Å². The molecular formula is C12H6ClF3N2O. The van der Waals surface area contributed by atoms with E-state index in [1.807, 2.05) is 0 Å². The third kappa shape index (κ3) is 2.85. The Morgan fingerprint density at radius 1 is 1.16 bits per heavy atom. The van der Waals surface area contributed by atoms with E-state index in [1.54, 1.807) is 0 Å². The molecule has 0 saturated heterocycles. The van der Waals surface area contributed by atoms with Gasteiger partial charge in [-0.25, -0.2) is 18.2 Å². The van der Waals surface area contributed by atoms with Gasteiger partial charge in [0.2, 0.25) is 0 Å². The number of aromatic nitrogens is 1. The smallest absolute Gasteiger partial charge is 0.255 e. The maximum Gasteiger partial charge on any atom is 0.255 e. The molecule has 0 unspecified atom stereocenters. The van der Waals surface area contributed by atoms with Crippen molar-refractivity contribution >= 4 is 23.2 Å². The summed E-state index contributed by atoms with van der Waals surface area (Å²) in [5, 5.41) is 2.20. The average molecular weight is 287 g/mol. The van der Waals surface area contributed by atoms with Crippen LogP contribution in [-0.4, -0.2) is 10.9 Å². The molecule has 0 aliphatic rings. The summed E-state index contributed by atoms with van der Waals surface area (Å²) >= 11 is 5.59. The zero-order valence-corrected chi connectivity index (χ0v) is 10.0. The molecule has 0 atom stereocenters. The van der Waals surface area contributed by atoms with E-state index in [0.717, 1.165) is 6.07 Å². The Balaban J connectivity index is 2.27. The third-order valence-corrected chi connectivity index (χ3v) is 2.48. The van der Waals surface area contributed by atoms with Gasteiger partial charge in [-0.15, -0.1) is 0 Å². The van der Waals surface area contributed by atoms with Crippen molar-refractivity contribution in [2.45, 2.75) is 0 Å². The lowest BCUT2D eigenvalue weighted by Crippen LogP contribution is -2.14. The highest BCUT2D eigenvalue weighted by molar-refractivity contribution is 6.29. The number of carbonyl (C=O) groups excluding carboxylic acids is 1. The number of rotatable bonds is 2. The molecule has 1 heterocycles. The van der Waals surface area contributed by atoms with Crippen molar-refractivity contribution in [1.82, 2.24) is 4.98 Å². The molecule has 1 amide bonds. The summed E-state index contributed by atoms with van der Waals surface area (Å²) in [4.78, 5) is 15.4. The molecule has 19 heavy (non-hydrogen) atoms. The molecule has 3 nitrogen and oxygen atoms in total. The number of hydrogen-bond acceptors (Lipinski definition) is 2. The van der Waals surface area contributed by atoms with Crippen LogP contribution in [0.2, 0.25) is 5.15 Å². The minimum Gasteiger partial charge on any atom is -0.319 e. The van der Waals surface area contributed by atoms with Gasteiger partial charge in [0.05, 0.1) is 5.69 Å². The molecule has 0 aliphatic carbocycles. The van der Waals surface area contributed by atoms with Crippen LogP contribution < -0.4 is 5.32 Å². The predicted octanol–water partition coefficient (Wildman–Crippen LogP) is 3.40. The maximum absolute atomic E-state index is 13.3. The summed E-state index contributed by atoms with van der Waals surface area (Å²) in [5.41, 5.74) is -0.346. The molecule has 0 bridgehead atoms. The fourth-order valence-corrected chi connectivity index (χ4v) is 1.53. The van der Waals surface area contributed by atoms with Crippen molar-refractivity contribution in [1.29, 1.82) is 0 Å². The van der Waals surface area contributed by atoms with Crippen molar-refractivity contribution in [2.75, 3.05) is 5.32 Å². The van der Waals surface area contributed by atoms with Crippen LogP contribution in [0.3, 0.4) is 0 Å². The quantitative estimate of drug-likeness (QED) is 0.679. The first-order valence-electron chi connectivity index (χ1n) is 5.05. The van der Waals surface area contributed by atoms with E-state index in [0.29, 0.717) is 6.07 Å². The number of benzene rings is 1. The summed E-state index contributed by atoms with van der Waals surface area (Å²) in [6.07, 6.45) is 1.29. The van der Waals surface area contributed by atoms with Crippen LogP contribution in [0.5, 0.6) is 0 Å². The fourth-order valence-electron chi connectivity index (χ4n) is 1.36. The highest BCUT2D eigenvalue weighted by atomic mass is 35.5. The van der Waals surface area contributed by atoms with E-state index < -0.39 is 29.0 Å². The van der Waals surface area contributed by atoms with Gasteiger partial charge in [0.15, 0.2) is 17.5 Å². The van der Waals surface area contributed by atoms with Crippen molar-refractivity contribution in [3.63, 3.8) is 0 Å². The Morgan fingerprint density at radius 2 is 1.89 bits per heavy atom. The number of carbonyl (C=O) groups is 1. The summed E-state index contributed by atoms with van der Waals surface area (Å²) < 4.78 is 39.0. The number of hydrogen-bond donors (Lipinski definition) is 1. The van der Waals surface area contributed by atoms with Crippen LogP contribution >= 0.6 is 11.6 Å². The Morgan fingerprint density at radius 3 is 2.58 bits per heavy atom. The van der Waals surface area contributed by atoms with Gasteiger partial charge in [-0.2, -0.15) is 0 Å². The van der Waals surface area contributed by atoms with Gasteiger partial charge < -0.3 is 5.32 Å². The van der Waals surface area contributed by atoms with E-state index in [4.69, 9.17) is 11.6 Å². The molecule has 2 rings (SSSR count). The van der Waals surface area contributed by atoms with Crippen molar-refractivity contribution in [2.24, 2.45) is 0 Å². The zero-order chi connectivity index (χ0) is 14.0. The number of nitrogens with zero attached hydrogens (tertiary/aromatic N) is 1. The summed E-state index contributed by atoms with van der Waals surface area (Å²) in [7, 11) is 0. The Labute approximate surface area is 111 Å². The molecule has 1 aromatic heterocycles. The lowest BCUT2D eigenvalue weighted by Gasteiger charge is -2.07. The first kappa shape index (κ1) is 13.4. The Kier molecular flexibility index (Phi) is 3.71. The van der Waals surface area contributed by atoms with Crippen LogP contribution in [0.1, 0.15) is 10.4 Å². The third-order valence-electron chi connectivity index (χ3n) is 2.27. The zero-order valence-electron chi connectivity index (χ0n) is 9.25. The molecule has 0 saturated carbocycles. The number of halogens is 4. The minimum atomic E-state index is -1.65. The summed E-state index contributed by atoms with van der Waals surface area (Å²) in [5.74, 6) is -5.16. The number of amides is 1. The van der Waals surface area contributed by atoms with E-state index in [1.165, 1.54) is 18.3 Å². The second-order valence-corrected chi connectivity index (χ2v) is 3.93. The highest BCUT2D eigenvalue weighted by Gasteiger charge is 2.16. The first-order chi connectivity index (χ1) is 8.99. The van der Waals surface area contributed by atoms with Crippen molar-refractivity contribution in [3.05, 3.63) is 58.6 Å². The molecule has 1 N–H and O–H groups in total. The van der Waals surface area contributed by atoms with Crippen LogP contribution in [0, 0.1) is 17.5 Å². The largest absolute Gasteiger partial charge is 0.319 e. The maximum atomic E-state index is 13.3. The normalized spacial score (nSPS) is 10.3. The second kappa shape index (κ2) is 5.27. The number of nitrogens with one attached hydrogen (secondary N) is 1. The Hall–Kier alpha value is -2.08. The van der Waals surface area contributed by atoms with Gasteiger partial charge in [-0.05, 0) is 24.3 Å². The van der Waals surface area contributed by atoms with E-state index >= 15 is 0 Å². The van der Waals surface area contributed by atoms with Crippen LogP contribution in [-0.2, 0) is 0 Å². The predicted molar refractivity (Wildman–Crippen MR) is 63.5 cm³/mol. The lowest BCUT2D eigenvalue weighted by molar-refractivity contribution is 0.102. The summed E-state index contributed by atoms with van der Waals surface area (Å²) in [6.45, 7) is 0. The van der Waals surface area contributed by atoms with Crippen LogP contribution in [0.4, 0.5) is 18.9 Å². The van der Waals surface area contributed by atoms with Gasteiger partial charge in [0.25, 0.3) is 5.91 Å². The van der Waals surface area contributed by atoms with E-state index in [-0.39, 0.29) is 10.7 Å². The van der Waals surface area contributed by atoms with Crippen LogP contribution in [0.15, 0.2) is 30.5 Å². The van der Waals surface area contributed by atoms with E-state index in [2.05, 4.69) is 10.3 Å². The topological polar surface area (TPSA) is 42.0 Å². The standard InChI is InChI=1S/C12H6ClF3N2O/c13-9-5-6(3-4-17-9)12(19)18-8-2-1-7(14)10(15)11(8)16/h1-5H,(H,18,19). The summed E-state index contributed by atoms with van der Waals surface area (Å²) in [6, 6.07) is 4.25. The number of pyridine rings is 1.